The van der Waals surface area contributed by atoms with Crippen LogP contribution in [0.15, 0.2) is 18.2 Å². The molecule has 0 bridgehead atoms. The molecule has 0 radical (unpaired) electrons. The van der Waals surface area contributed by atoms with Crippen molar-refractivity contribution >= 4 is 5.69 Å². The zero-order valence-electron chi connectivity index (χ0n) is 11.2. The second-order valence-corrected chi connectivity index (χ2v) is 5.38. The molecule has 1 fully saturated rings. The van der Waals surface area contributed by atoms with Crippen LogP contribution in [0.4, 0.5) is 5.69 Å². The molecule has 1 aromatic rings. The van der Waals surface area contributed by atoms with Gasteiger partial charge in [-0.15, -0.1) is 0 Å². The molecule has 0 N–H and O–H groups in total. The first kappa shape index (κ1) is 12.0. The number of aryl methyl sites for hydroxylation is 1. The minimum absolute atomic E-state index is 0.883. The molecule has 1 aromatic carbocycles. The van der Waals surface area contributed by atoms with Crippen LogP contribution >= 0.6 is 0 Å². The molecule has 18 heavy (non-hydrogen) atoms. The molecule has 0 unspecified atom stereocenters. The molecule has 0 aromatic heterocycles. The molecule has 1 saturated heterocycles. The average Bonchev–Trinajstić information content (AvgIpc) is 2.40. The highest BCUT2D eigenvalue weighted by molar-refractivity contribution is 5.56. The summed E-state index contributed by atoms with van der Waals surface area (Å²) in [5, 5.41) is 0. The second-order valence-electron chi connectivity index (χ2n) is 5.38. The van der Waals surface area contributed by atoms with Crippen molar-refractivity contribution in [2.24, 2.45) is 0 Å². The highest BCUT2D eigenvalue weighted by Crippen LogP contribution is 2.27. The SMILES string of the molecule is CN1CCCc2cc(CN3CCOCC3)ccc21. The highest BCUT2D eigenvalue weighted by Gasteiger charge is 2.15. The Bertz CT molecular complexity index is 413. The first-order valence-electron chi connectivity index (χ1n) is 6.96. The number of morpholine rings is 1. The van der Waals surface area contributed by atoms with E-state index in [0.29, 0.717) is 0 Å². The van der Waals surface area contributed by atoms with Gasteiger partial charge in [-0.3, -0.25) is 4.90 Å². The summed E-state index contributed by atoms with van der Waals surface area (Å²) in [6, 6.07) is 6.99. The Balaban J connectivity index is 1.73. The van der Waals surface area contributed by atoms with E-state index in [2.05, 4.69) is 35.0 Å². The molecular formula is C15H22N2O. The summed E-state index contributed by atoms with van der Waals surface area (Å²) < 4.78 is 5.39. The van der Waals surface area contributed by atoms with E-state index in [1.165, 1.54) is 36.2 Å². The lowest BCUT2D eigenvalue weighted by atomic mass is 9.99. The van der Waals surface area contributed by atoms with Crippen LogP contribution in [0.5, 0.6) is 0 Å². The summed E-state index contributed by atoms with van der Waals surface area (Å²) in [7, 11) is 2.19. The van der Waals surface area contributed by atoms with Crippen molar-refractivity contribution < 1.29 is 4.74 Å². The fraction of sp³-hybridized carbons (Fsp3) is 0.600. The summed E-state index contributed by atoms with van der Waals surface area (Å²) in [6.07, 6.45) is 2.52. The van der Waals surface area contributed by atoms with E-state index in [-0.39, 0.29) is 0 Å². The largest absolute Gasteiger partial charge is 0.379 e. The fourth-order valence-corrected chi connectivity index (χ4v) is 2.95. The van der Waals surface area contributed by atoms with Gasteiger partial charge in [0.25, 0.3) is 0 Å². The van der Waals surface area contributed by atoms with Gasteiger partial charge in [-0.05, 0) is 30.0 Å². The van der Waals surface area contributed by atoms with Gasteiger partial charge in [-0.25, -0.2) is 0 Å². The van der Waals surface area contributed by atoms with Gasteiger partial charge in [0, 0.05) is 38.9 Å². The normalized spacial score (nSPS) is 20.8. The summed E-state index contributed by atoms with van der Waals surface area (Å²) >= 11 is 0. The molecule has 0 aliphatic carbocycles. The first-order chi connectivity index (χ1) is 8.83. The molecular weight excluding hydrogens is 224 g/mol. The van der Waals surface area contributed by atoms with Crippen LogP contribution in [0.3, 0.4) is 0 Å². The van der Waals surface area contributed by atoms with E-state index < -0.39 is 0 Å². The molecule has 3 heteroatoms. The highest BCUT2D eigenvalue weighted by atomic mass is 16.5. The van der Waals surface area contributed by atoms with Gasteiger partial charge in [0.15, 0.2) is 0 Å². The standard InChI is InChI=1S/C15H22N2O/c1-16-6-2-3-14-11-13(4-5-15(14)16)12-17-7-9-18-10-8-17/h4-5,11H,2-3,6-10,12H2,1H3. The minimum Gasteiger partial charge on any atom is -0.379 e. The fourth-order valence-electron chi connectivity index (χ4n) is 2.95. The Hall–Kier alpha value is -1.06. The van der Waals surface area contributed by atoms with Gasteiger partial charge >= 0.3 is 0 Å². The minimum atomic E-state index is 0.883. The Labute approximate surface area is 109 Å². The Morgan fingerprint density at radius 3 is 2.83 bits per heavy atom. The van der Waals surface area contributed by atoms with E-state index in [0.717, 1.165) is 32.8 Å². The first-order valence-corrected chi connectivity index (χ1v) is 6.96. The van der Waals surface area contributed by atoms with Crippen LogP contribution < -0.4 is 4.90 Å². The molecule has 0 spiro atoms. The quantitative estimate of drug-likeness (QED) is 0.792. The van der Waals surface area contributed by atoms with Gasteiger partial charge in [0.2, 0.25) is 0 Å². The number of fused-ring (bicyclic) bond motifs is 1. The number of anilines is 1. The maximum Gasteiger partial charge on any atom is 0.0594 e. The molecule has 3 nitrogen and oxygen atoms in total. The third-order valence-corrected chi connectivity index (χ3v) is 4.00. The third-order valence-electron chi connectivity index (χ3n) is 4.00. The summed E-state index contributed by atoms with van der Waals surface area (Å²) in [5.74, 6) is 0. The van der Waals surface area contributed by atoms with Gasteiger partial charge < -0.3 is 9.64 Å². The van der Waals surface area contributed by atoms with Crippen LogP contribution in [0, 0.1) is 0 Å². The van der Waals surface area contributed by atoms with Crippen molar-refractivity contribution in [1.29, 1.82) is 0 Å². The van der Waals surface area contributed by atoms with Crippen molar-refractivity contribution in [3.05, 3.63) is 29.3 Å². The van der Waals surface area contributed by atoms with Crippen molar-refractivity contribution in [2.45, 2.75) is 19.4 Å². The predicted octanol–water partition coefficient (Wildman–Crippen LogP) is 1.90. The van der Waals surface area contributed by atoms with Crippen LogP contribution in [-0.4, -0.2) is 44.8 Å². The molecule has 0 saturated carbocycles. The zero-order chi connectivity index (χ0) is 12.4. The van der Waals surface area contributed by atoms with Crippen molar-refractivity contribution in [1.82, 2.24) is 4.90 Å². The van der Waals surface area contributed by atoms with Crippen molar-refractivity contribution in [3.8, 4) is 0 Å². The zero-order valence-corrected chi connectivity index (χ0v) is 11.2. The van der Waals surface area contributed by atoms with E-state index in [9.17, 15) is 0 Å². The Morgan fingerprint density at radius 1 is 1.17 bits per heavy atom. The molecule has 0 amide bonds. The Morgan fingerprint density at radius 2 is 2.00 bits per heavy atom. The maximum absolute atomic E-state index is 5.39. The molecule has 3 rings (SSSR count). The second kappa shape index (κ2) is 5.29. The van der Waals surface area contributed by atoms with Gasteiger partial charge in [0.1, 0.15) is 0 Å². The van der Waals surface area contributed by atoms with Crippen LogP contribution in [0.2, 0.25) is 0 Å². The molecule has 98 valence electrons. The van der Waals surface area contributed by atoms with E-state index in [4.69, 9.17) is 4.74 Å². The molecule has 2 heterocycles. The summed E-state index contributed by atoms with van der Waals surface area (Å²) in [4.78, 5) is 4.86. The number of rotatable bonds is 2. The summed E-state index contributed by atoms with van der Waals surface area (Å²) in [6.45, 7) is 6.16. The maximum atomic E-state index is 5.39. The number of benzene rings is 1. The van der Waals surface area contributed by atoms with Crippen molar-refractivity contribution in [2.75, 3.05) is 44.8 Å². The smallest absolute Gasteiger partial charge is 0.0594 e. The van der Waals surface area contributed by atoms with Gasteiger partial charge in [-0.1, -0.05) is 12.1 Å². The van der Waals surface area contributed by atoms with E-state index in [1.807, 2.05) is 0 Å². The average molecular weight is 246 g/mol. The van der Waals surface area contributed by atoms with Crippen LogP contribution in [0.25, 0.3) is 0 Å². The number of hydrogen-bond donors (Lipinski definition) is 0. The topological polar surface area (TPSA) is 15.7 Å². The molecule has 2 aliphatic rings. The van der Waals surface area contributed by atoms with Crippen molar-refractivity contribution in [3.63, 3.8) is 0 Å². The number of ether oxygens (including phenoxy) is 1. The van der Waals surface area contributed by atoms with E-state index in [1.54, 1.807) is 0 Å². The monoisotopic (exact) mass is 246 g/mol. The molecule has 2 aliphatic heterocycles. The Kier molecular flexibility index (Phi) is 3.52. The van der Waals surface area contributed by atoms with Gasteiger partial charge in [-0.2, -0.15) is 0 Å². The summed E-state index contributed by atoms with van der Waals surface area (Å²) in [5.41, 5.74) is 4.40. The van der Waals surface area contributed by atoms with Gasteiger partial charge in [0.05, 0.1) is 13.2 Å². The third kappa shape index (κ3) is 2.52. The van der Waals surface area contributed by atoms with E-state index >= 15 is 0 Å². The number of nitrogens with zero attached hydrogens (tertiary/aromatic N) is 2. The lowest BCUT2D eigenvalue weighted by molar-refractivity contribution is 0.0342. The predicted molar refractivity (Wildman–Crippen MR) is 74.1 cm³/mol. The van der Waals surface area contributed by atoms with Crippen LogP contribution in [0.1, 0.15) is 17.5 Å². The molecule has 0 atom stereocenters. The lowest BCUT2D eigenvalue weighted by Crippen LogP contribution is -2.35. The van der Waals surface area contributed by atoms with Crippen LogP contribution in [-0.2, 0) is 17.7 Å². The number of hydrogen-bond acceptors (Lipinski definition) is 3. The lowest BCUT2D eigenvalue weighted by Gasteiger charge is -2.29.